The molecule has 0 fully saturated rings. The molecule has 104 valence electrons. The van der Waals surface area contributed by atoms with Gasteiger partial charge in [-0.1, -0.05) is 0 Å². The average molecular weight is 276 g/mol. The quantitative estimate of drug-likeness (QED) is 0.642. The van der Waals surface area contributed by atoms with Gasteiger partial charge < -0.3 is 14.8 Å². The summed E-state index contributed by atoms with van der Waals surface area (Å²) in [5, 5.41) is 22.5. The van der Waals surface area contributed by atoms with Gasteiger partial charge in [0.25, 0.3) is 5.69 Å². The Morgan fingerprint density at radius 3 is 2.75 bits per heavy atom. The van der Waals surface area contributed by atoms with Crippen LogP contribution in [0.5, 0.6) is 0 Å². The van der Waals surface area contributed by atoms with E-state index < -0.39 is 10.9 Å². The van der Waals surface area contributed by atoms with E-state index in [-0.39, 0.29) is 11.3 Å². The third kappa shape index (κ3) is 2.94. The van der Waals surface area contributed by atoms with Crippen molar-refractivity contribution >= 4 is 17.3 Å². The lowest BCUT2D eigenvalue weighted by Gasteiger charge is -2.05. The number of aryl methyl sites for hydroxylation is 1. The number of hydrogen-bond acceptors (Lipinski definition) is 5. The summed E-state index contributed by atoms with van der Waals surface area (Å²) in [7, 11) is 0. The molecule has 7 nitrogen and oxygen atoms in total. The van der Waals surface area contributed by atoms with Gasteiger partial charge in [-0.15, -0.1) is 0 Å². The minimum atomic E-state index is -1.05. The number of aromatic carboxylic acids is 1. The molecule has 0 saturated heterocycles. The van der Waals surface area contributed by atoms with Crippen molar-refractivity contribution in [1.82, 2.24) is 0 Å². The molecule has 0 atom stereocenters. The van der Waals surface area contributed by atoms with Crippen LogP contribution >= 0.6 is 0 Å². The van der Waals surface area contributed by atoms with Crippen LogP contribution < -0.4 is 5.32 Å². The molecule has 0 aliphatic rings. The van der Waals surface area contributed by atoms with Crippen LogP contribution in [0.1, 0.15) is 21.7 Å². The molecule has 1 aromatic carbocycles. The number of nitro groups is 1. The molecule has 20 heavy (non-hydrogen) atoms. The molecule has 2 rings (SSSR count). The van der Waals surface area contributed by atoms with E-state index in [0.29, 0.717) is 23.6 Å². The Balaban J connectivity index is 2.05. The molecular formula is C13H12N2O5. The third-order valence-electron chi connectivity index (χ3n) is 2.76. The van der Waals surface area contributed by atoms with Gasteiger partial charge in [-0.25, -0.2) is 4.79 Å². The topological polar surface area (TPSA) is 106 Å². The van der Waals surface area contributed by atoms with Gasteiger partial charge in [0.05, 0.1) is 17.0 Å². The number of carboxylic acid groups (broad SMARTS) is 1. The summed E-state index contributed by atoms with van der Waals surface area (Å²) in [5.41, 5.74) is 1.38. The standard InChI is InChI=1S/C13H12N2O5/c1-8-4-10(2-3-12(8)15(18)19)14-6-11-5-9(7-20-11)13(16)17/h2-5,7,14H,6H2,1H3,(H,16,17). The van der Waals surface area contributed by atoms with Gasteiger partial charge in [0.2, 0.25) is 0 Å². The molecule has 0 bridgehead atoms. The Labute approximate surface area is 114 Å². The Morgan fingerprint density at radius 2 is 2.20 bits per heavy atom. The highest BCUT2D eigenvalue weighted by atomic mass is 16.6. The average Bonchev–Trinajstić information content (AvgIpc) is 2.85. The molecule has 7 heteroatoms. The first kappa shape index (κ1) is 13.6. The monoisotopic (exact) mass is 276 g/mol. The summed E-state index contributed by atoms with van der Waals surface area (Å²) >= 11 is 0. The second-order valence-corrected chi connectivity index (χ2v) is 4.22. The zero-order valence-corrected chi connectivity index (χ0v) is 10.6. The van der Waals surface area contributed by atoms with E-state index >= 15 is 0 Å². The molecule has 2 N–H and O–H groups in total. The van der Waals surface area contributed by atoms with Crippen molar-refractivity contribution in [1.29, 1.82) is 0 Å². The Hall–Kier alpha value is -2.83. The van der Waals surface area contributed by atoms with Crippen LogP contribution in [0.2, 0.25) is 0 Å². The molecular weight excluding hydrogens is 264 g/mol. The summed E-state index contributed by atoms with van der Waals surface area (Å²) in [6.45, 7) is 1.95. The highest BCUT2D eigenvalue weighted by molar-refractivity contribution is 5.87. The van der Waals surface area contributed by atoms with E-state index in [9.17, 15) is 14.9 Å². The van der Waals surface area contributed by atoms with Crippen LogP contribution in [0.4, 0.5) is 11.4 Å². The molecule has 0 unspecified atom stereocenters. The first-order valence-electron chi connectivity index (χ1n) is 5.77. The van der Waals surface area contributed by atoms with Crippen molar-refractivity contribution in [2.24, 2.45) is 0 Å². The van der Waals surface area contributed by atoms with Crippen molar-refractivity contribution in [2.45, 2.75) is 13.5 Å². The normalized spacial score (nSPS) is 10.2. The van der Waals surface area contributed by atoms with E-state index in [4.69, 9.17) is 9.52 Å². The number of rotatable bonds is 5. The fourth-order valence-corrected chi connectivity index (χ4v) is 1.74. The molecule has 0 saturated carbocycles. The summed E-state index contributed by atoms with van der Waals surface area (Å²) in [4.78, 5) is 20.9. The maximum atomic E-state index is 10.7. The Morgan fingerprint density at radius 1 is 1.45 bits per heavy atom. The molecule has 0 spiro atoms. The lowest BCUT2D eigenvalue weighted by atomic mass is 10.2. The lowest BCUT2D eigenvalue weighted by molar-refractivity contribution is -0.385. The second kappa shape index (κ2) is 5.43. The van der Waals surface area contributed by atoms with Crippen LogP contribution in [0.15, 0.2) is 34.9 Å². The second-order valence-electron chi connectivity index (χ2n) is 4.22. The largest absolute Gasteiger partial charge is 0.478 e. The van der Waals surface area contributed by atoms with Crippen LogP contribution in [-0.4, -0.2) is 16.0 Å². The number of benzene rings is 1. The van der Waals surface area contributed by atoms with Gasteiger partial charge in [0, 0.05) is 17.3 Å². The maximum Gasteiger partial charge on any atom is 0.338 e. The lowest BCUT2D eigenvalue weighted by Crippen LogP contribution is -2.00. The first-order valence-corrected chi connectivity index (χ1v) is 5.77. The predicted octanol–water partition coefficient (Wildman–Crippen LogP) is 2.81. The zero-order chi connectivity index (χ0) is 14.7. The van der Waals surface area contributed by atoms with Crippen LogP contribution in [0, 0.1) is 17.0 Å². The fraction of sp³-hybridized carbons (Fsp3) is 0.154. The minimum absolute atomic E-state index is 0.0571. The summed E-state index contributed by atoms with van der Waals surface area (Å²) in [5.74, 6) is -0.579. The van der Waals surface area contributed by atoms with Crippen molar-refractivity contribution in [3.05, 3.63) is 57.5 Å². The van der Waals surface area contributed by atoms with Crippen molar-refractivity contribution in [2.75, 3.05) is 5.32 Å². The Kier molecular flexibility index (Phi) is 3.69. The van der Waals surface area contributed by atoms with Crippen LogP contribution in [0.3, 0.4) is 0 Å². The van der Waals surface area contributed by atoms with E-state index in [2.05, 4.69) is 5.32 Å². The highest BCUT2D eigenvalue weighted by Crippen LogP contribution is 2.22. The number of carboxylic acids is 1. The van der Waals surface area contributed by atoms with Crippen LogP contribution in [-0.2, 0) is 6.54 Å². The molecule has 0 aliphatic carbocycles. The number of nitro benzene ring substituents is 1. The number of hydrogen-bond donors (Lipinski definition) is 2. The highest BCUT2D eigenvalue weighted by Gasteiger charge is 2.11. The van der Waals surface area contributed by atoms with Gasteiger partial charge in [-0.3, -0.25) is 10.1 Å². The van der Waals surface area contributed by atoms with Crippen molar-refractivity contribution < 1.29 is 19.2 Å². The Bertz CT molecular complexity index is 663. The third-order valence-corrected chi connectivity index (χ3v) is 2.76. The van der Waals surface area contributed by atoms with Gasteiger partial charge >= 0.3 is 5.97 Å². The zero-order valence-electron chi connectivity index (χ0n) is 10.6. The summed E-state index contributed by atoms with van der Waals surface area (Å²) in [6.07, 6.45) is 1.17. The summed E-state index contributed by atoms with van der Waals surface area (Å²) < 4.78 is 5.09. The van der Waals surface area contributed by atoms with E-state index in [1.165, 1.54) is 18.4 Å². The SMILES string of the molecule is Cc1cc(NCc2cc(C(=O)O)co2)ccc1[N+](=O)[O-]. The molecule has 2 aromatic rings. The predicted molar refractivity (Wildman–Crippen MR) is 70.8 cm³/mol. The molecule has 1 heterocycles. The summed E-state index contributed by atoms with van der Waals surface area (Å²) in [6, 6.07) is 6.08. The molecule has 0 aliphatic heterocycles. The first-order chi connectivity index (χ1) is 9.47. The fourth-order valence-electron chi connectivity index (χ4n) is 1.74. The maximum absolute atomic E-state index is 10.7. The number of carbonyl (C=O) groups is 1. The van der Waals surface area contributed by atoms with Gasteiger partial charge in [0.15, 0.2) is 0 Å². The van der Waals surface area contributed by atoms with Crippen molar-refractivity contribution in [3.63, 3.8) is 0 Å². The van der Waals surface area contributed by atoms with E-state index in [0.717, 1.165) is 0 Å². The molecule has 1 aromatic heterocycles. The number of furan rings is 1. The van der Waals surface area contributed by atoms with Crippen molar-refractivity contribution in [3.8, 4) is 0 Å². The number of nitrogens with one attached hydrogen (secondary N) is 1. The molecule has 0 radical (unpaired) electrons. The number of anilines is 1. The van der Waals surface area contributed by atoms with Gasteiger partial charge in [-0.2, -0.15) is 0 Å². The smallest absolute Gasteiger partial charge is 0.338 e. The number of nitrogens with zero attached hydrogens (tertiary/aromatic N) is 1. The van der Waals surface area contributed by atoms with Crippen LogP contribution in [0.25, 0.3) is 0 Å². The minimum Gasteiger partial charge on any atom is -0.478 e. The van der Waals surface area contributed by atoms with Gasteiger partial charge in [0.1, 0.15) is 12.0 Å². The van der Waals surface area contributed by atoms with E-state index in [1.54, 1.807) is 19.1 Å². The van der Waals surface area contributed by atoms with Gasteiger partial charge in [-0.05, 0) is 25.1 Å². The molecule has 0 amide bonds. The van der Waals surface area contributed by atoms with E-state index in [1.807, 2.05) is 0 Å².